The second-order valence-electron chi connectivity index (χ2n) is 5.95. The summed E-state index contributed by atoms with van der Waals surface area (Å²) in [7, 11) is 0. The Hall–Kier alpha value is -2.29. The van der Waals surface area contributed by atoms with Gasteiger partial charge in [0.15, 0.2) is 0 Å². The normalized spacial score (nSPS) is 11.8. The second-order valence-corrected chi connectivity index (χ2v) is 5.95. The van der Waals surface area contributed by atoms with Crippen LogP contribution in [-0.2, 0) is 11.3 Å². The predicted molar refractivity (Wildman–Crippen MR) is 92.0 cm³/mol. The van der Waals surface area contributed by atoms with Crippen LogP contribution in [0.1, 0.15) is 29.2 Å². The first-order chi connectivity index (χ1) is 10.4. The molecule has 0 aliphatic rings. The molecule has 2 rings (SSSR count). The average molecular weight is 296 g/mol. The zero-order valence-corrected chi connectivity index (χ0v) is 13.7. The molecule has 0 bridgehead atoms. The third-order valence-corrected chi connectivity index (χ3v) is 3.59. The zero-order chi connectivity index (χ0) is 16.1. The van der Waals surface area contributed by atoms with Crippen molar-refractivity contribution in [3.05, 3.63) is 64.7 Å². The van der Waals surface area contributed by atoms with Gasteiger partial charge in [0.2, 0.25) is 5.91 Å². The number of hydrogen-bond acceptors (Lipinski definition) is 2. The predicted octanol–water partition coefficient (Wildman–Crippen LogP) is 3.73. The maximum atomic E-state index is 12.2. The highest BCUT2D eigenvalue weighted by molar-refractivity contribution is 5.84. The lowest BCUT2D eigenvalue weighted by atomic mass is 10.1. The van der Waals surface area contributed by atoms with Crippen LogP contribution in [0.4, 0.5) is 5.69 Å². The topological polar surface area (TPSA) is 41.1 Å². The third kappa shape index (κ3) is 4.62. The number of carbonyl (C=O) groups is 1. The van der Waals surface area contributed by atoms with Crippen molar-refractivity contribution in [2.75, 3.05) is 5.32 Å². The van der Waals surface area contributed by atoms with E-state index in [9.17, 15) is 4.79 Å². The van der Waals surface area contributed by atoms with E-state index in [4.69, 9.17) is 0 Å². The molecule has 2 aromatic carbocycles. The summed E-state index contributed by atoms with van der Waals surface area (Å²) < 4.78 is 0. The molecular weight excluding hydrogens is 272 g/mol. The van der Waals surface area contributed by atoms with Gasteiger partial charge in [-0.15, -0.1) is 0 Å². The molecule has 3 nitrogen and oxygen atoms in total. The molecule has 3 heteroatoms. The van der Waals surface area contributed by atoms with Gasteiger partial charge in [-0.1, -0.05) is 35.9 Å². The Morgan fingerprint density at radius 1 is 0.955 bits per heavy atom. The van der Waals surface area contributed by atoms with Crippen LogP contribution in [0.2, 0.25) is 0 Å². The quantitative estimate of drug-likeness (QED) is 0.882. The van der Waals surface area contributed by atoms with Gasteiger partial charge in [0.1, 0.15) is 6.04 Å². The molecule has 2 N–H and O–H groups in total. The summed E-state index contributed by atoms with van der Waals surface area (Å²) >= 11 is 0. The monoisotopic (exact) mass is 296 g/mol. The Morgan fingerprint density at radius 2 is 1.55 bits per heavy atom. The maximum absolute atomic E-state index is 12.2. The first kappa shape index (κ1) is 16.1. The van der Waals surface area contributed by atoms with Crippen LogP contribution in [0.25, 0.3) is 0 Å². The fourth-order valence-electron chi connectivity index (χ4n) is 2.42. The molecule has 2 aromatic rings. The fourth-order valence-corrected chi connectivity index (χ4v) is 2.42. The van der Waals surface area contributed by atoms with Crippen molar-refractivity contribution in [1.82, 2.24) is 5.32 Å². The van der Waals surface area contributed by atoms with Gasteiger partial charge in [-0.3, -0.25) is 4.79 Å². The van der Waals surface area contributed by atoms with Crippen molar-refractivity contribution in [2.24, 2.45) is 0 Å². The summed E-state index contributed by atoms with van der Waals surface area (Å²) in [5.41, 5.74) is 5.69. The van der Waals surface area contributed by atoms with Crippen LogP contribution < -0.4 is 10.6 Å². The van der Waals surface area contributed by atoms with Crippen LogP contribution >= 0.6 is 0 Å². The van der Waals surface area contributed by atoms with E-state index in [1.807, 2.05) is 19.1 Å². The molecule has 116 valence electrons. The molecule has 0 radical (unpaired) electrons. The van der Waals surface area contributed by atoms with E-state index < -0.39 is 0 Å². The third-order valence-electron chi connectivity index (χ3n) is 3.59. The van der Waals surface area contributed by atoms with Gasteiger partial charge in [-0.05, 0) is 56.5 Å². The number of benzene rings is 2. The number of nitrogens with one attached hydrogen (secondary N) is 2. The summed E-state index contributed by atoms with van der Waals surface area (Å²) in [6.45, 7) is 8.60. The zero-order valence-electron chi connectivity index (χ0n) is 13.7. The first-order valence-corrected chi connectivity index (χ1v) is 7.62. The highest BCUT2D eigenvalue weighted by Gasteiger charge is 2.12. The van der Waals surface area contributed by atoms with Crippen molar-refractivity contribution in [2.45, 2.75) is 40.3 Å². The molecule has 0 fully saturated rings. The number of amides is 1. The Labute approximate surface area is 132 Å². The van der Waals surface area contributed by atoms with Crippen LogP contribution in [0, 0.1) is 20.8 Å². The van der Waals surface area contributed by atoms with Crippen LogP contribution in [0.3, 0.4) is 0 Å². The summed E-state index contributed by atoms with van der Waals surface area (Å²) in [5, 5.41) is 6.22. The molecule has 0 aliphatic carbocycles. The molecule has 0 saturated heterocycles. The molecule has 0 aromatic heterocycles. The molecule has 22 heavy (non-hydrogen) atoms. The maximum Gasteiger partial charge on any atom is 0.242 e. The lowest BCUT2D eigenvalue weighted by molar-refractivity contribution is -0.121. The molecular formula is C19H24N2O. The number of hydrogen-bond donors (Lipinski definition) is 2. The molecule has 1 amide bonds. The summed E-state index contributed by atoms with van der Waals surface area (Å²) in [4.78, 5) is 12.2. The van der Waals surface area contributed by atoms with Crippen LogP contribution in [0.5, 0.6) is 0 Å². The van der Waals surface area contributed by atoms with E-state index in [-0.39, 0.29) is 11.9 Å². The van der Waals surface area contributed by atoms with E-state index in [1.54, 1.807) is 0 Å². The van der Waals surface area contributed by atoms with Crippen LogP contribution in [0.15, 0.2) is 42.5 Å². The molecule has 1 atom stereocenters. The minimum Gasteiger partial charge on any atom is -0.374 e. The van der Waals surface area contributed by atoms with E-state index in [0.29, 0.717) is 6.54 Å². The number of carbonyl (C=O) groups excluding carboxylic acids is 1. The van der Waals surface area contributed by atoms with Crippen molar-refractivity contribution < 1.29 is 4.79 Å². The Morgan fingerprint density at radius 3 is 2.14 bits per heavy atom. The molecule has 0 spiro atoms. The average Bonchev–Trinajstić information content (AvgIpc) is 2.45. The summed E-state index contributed by atoms with van der Waals surface area (Å²) in [6.07, 6.45) is 0. The minimum absolute atomic E-state index is 0.000246. The Bertz CT molecular complexity index is 627. The first-order valence-electron chi connectivity index (χ1n) is 7.62. The summed E-state index contributed by atoms with van der Waals surface area (Å²) in [5.74, 6) is -0.000246. The Kier molecular flexibility index (Phi) is 5.21. The van der Waals surface area contributed by atoms with Crippen molar-refractivity contribution in [3.8, 4) is 0 Å². The van der Waals surface area contributed by atoms with Gasteiger partial charge in [-0.25, -0.2) is 0 Å². The molecule has 0 heterocycles. The molecule has 0 aliphatic heterocycles. The largest absolute Gasteiger partial charge is 0.374 e. The molecule has 0 saturated carbocycles. The number of anilines is 1. The highest BCUT2D eigenvalue weighted by Crippen LogP contribution is 2.14. The number of aryl methyl sites for hydroxylation is 3. The second kappa shape index (κ2) is 7.12. The highest BCUT2D eigenvalue weighted by atomic mass is 16.2. The van der Waals surface area contributed by atoms with Crippen LogP contribution in [-0.4, -0.2) is 11.9 Å². The standard InChI is InChI=1S/C19H24N2O/c1-13-5-7-17(8-6-13)12-20-19(22)16(4)21-18-10-14(2)9-15(3)11-18/h5-11,16,21H,12H2,1-4H3,(H,20,22)/t16-/m0/s1. The van der Waals surface area contributed by atoms with Gasteiger partial charge < -0.3 is 10.6 Å². The molecule has 0 unspecified atom stereocenters. The van der Waals surface area contributed by atoms with E-state index in [2.05, 4.69) is 61.7 Å². The van der Waals surface area contributed by atoms with E-state index >= 15 is 0 Å². The van der Waals surface area contributed by atoms with Gasteiger partial charge in [-0.2, -0.15) is 0 Å². The van der Waals surface area contributed by atoms with Gasteiger partial charge >= 0.3 is 0 Å². The van der Waals surface area contributed by atoms with Crippen molar-refractivity contribution in [1.29, 1.82) is 0 Å². The number of rotatable bonds is 5. The Balaban J connectivity index is 1.90. The van der Waals surface area contributed by atoms with E-state index in [1.165, 1.54) is 16.7 Å². The fraction of sp³-hybridized carbons (Fsp3) is 0.316. The van der Waals surface area contributed by atoms with E-state index in [0.717, 1.165) is 11.3 Å². The smallest absolute Gasteiger partial charge is 0.242 e. The lowest BCUT2D eigenvalue weighted by Crippen LogP contribution is -2.37. The van der Waals surface area contributed by atoms with Gasteiger partial charge in [0.25, 0.3) is 0 Å². The minimum atomic E-state index is -0.272. The lowest BCUT2D eigenvalue weighted by Gasteiger charge is -2.16. The van der Waals surface area contributed by atoms with Crippen molar-refractivity contribution >= 4 is 11.6 Å². The summed E-state index contributed by atoms with van der Waals surface area (Å²) in [6, 6.07) is 14.1. The van der Waals surface area contributed by atoms with Crippen molar-refractivity contribution in [3.63, 3.8) is 0 Å². The van der Waals surface area contributed by atoms with Gasteiger partial charge in [0, 0.05) is 12.2 Å². The SMILES string of the molecule is Cc1ccc(CNC(=O)[C@H](C)Nc2cc(C)cc(C)c2)cc1. The van der Waals surface area contributed by atoms with Gasteiger partial charge in [0.05, 0.1) is 0 Å².